The number of carbonyl (C=O) groups excluding carboxylic acids is 2. The van der Waals surface area contributed by atoms with Gasteiger partial charge in [-0.25, -0.2) is 4.79 Å². The molecule has 0 aliphatic rings. The standard InChI is InChI=1S/C17H15ClN2O6/c1-11-7-13(20(23)24)5-6-15(11)19-16(21)9-26-17(22)10-25-14-4-2-3-12(18)8-14/h2-8H,9-10H2,1H3,(H,19,21). The van der Waals surface area contributed by atoms with Crippen LogP contribution in [0.5, 0.6) is 5.75 Å². The first-order valence-electron chi connectivity index (χ1n) is 7.44. The van der Waals surface area contributed by atoms with Gasteiger partial charge in [-0.3, -0.25) is 14.9 Å². The highest BCUT2D eigenvalue weighted by Crippen LogP contribution is 2.21. The Bertz CT molecular complexity index is 840. The highest BCUT2D eigenvalue weighted by atomic mass is 35.5. The van der Waals surface area contributed by atoms with Crippen molar-refractivity contribution in [3.05, 3.63) is 63.2 Å². The summed E-state index contributed by atoms with van der Waals surface area (Å²) in [4.78, 5) is 33.6. The molecule has 0 bridgehead atoms. The smallest absolute Gasteiger partial charge is 0.344 e. The number of amides is 1. The van der Waals surface area contributed by atoms with E-state index in [0.717, 1.165) is 0 Å². The maximum absolute atomic E-state index is 11.8. The summed E-state index contributed by atoms with van der Waals surface area (Å²) >= 11 is 5.79. The van der Waals surface area contributed by atoms with E-state index < -0.39 is 23.4 Å². The van der Waals surface area contributed by atoms with Gasteiger partial charge in [-0.1, -0.05) is 17.7 Å². The lowest BCUT2D eigenvalue weighted by atomic mass is 10.2. The molecule has 0 aliphatic heterocycles. The maximum Gasteiger partial charge on any atom is 0.344 e. The number of hydrogen-bond acceptors (Lipinski definition) is 6. The number of halogens is 1. The second-order valence-electron chi connectivity index (χ2n) is 5.21. The third-order valence-corrected chi connectivity index (χ3v) is 3.45. The van der Waals surface area contributed by atoms with Crippen LogP contribution in [0.3, 0.4) is 0 Å². The van der Waals surface area contributed by atoms with Crippen molar-refractivity contribution in [2.24, 2.45) is 0 Å². The zero-order valence-electron chi connectivity index (χ0n) is 13.7. The summed E-state index contributed by atoms with van der Waals surface area (Å²) in [5, 5.41) is 13.7. The lowest BCUT2D eigenvalue weighted by Crippen LogP contribution is -2.24. The van der Waals surface area contributed by atoms with Gasteiger partial charge >= 0.3 is 5.97 Å². The third kappa shape index (κ3) is 5.75. The Morgan fingerprint density at radius 2 is 1.96 bits per heavy atom. The van der Waals surface area contributed by atoms with Gasteiger partial charge in [-0.15, -0.1) is 0 Å². The molecule has 136 valence electrons. The van der Waals surface area contributed by atoms with Gasteiger partial charge < -0.3 is 14.8 Å². The average Bonchev–Trinajstić information content (AvgIpc) is 2.60. The number of nitro benzene ring substituents is 1. The Balaban J connectivity index is 1.79. The molecule has 9 heteroatoms. The van der Waals surface area contributed by atoms with Crippen molar-refractivity contribution in [2.45, 2.75) is 6.92 Å². The predicted octanol–water partition coefficient (Wildman–Crippen LogP) is 3.12. The summed E-state index contributed by atoms with van der Waals surface area (Å²) in [6, 6.07) is 10.5. The fraction of sp³-hybridized carbons (Fsp3) is 0.176. The summed E-state index contributed by atoms with van der Waals surface area (Å²) < 4.78 is 10.0. The molecule has 0 fully saturated rings. The van der Waals surface area contributed by atoms with Gasteiger partial charge in [-0.05, 0) is 36.8 Å². The molecule has 0 radical (unpaired) electrons. The number of benzene rings is 2. The molecule has 26 heavy (non-hydrogen) atoms. The number of esters is 1. The van der Waals surface area contributed by atoms with E-state index >= 15 is 0 Å². The van der Waals surface area contributed by atoms with Gasteiger partial charge in [0.25, 0.3) is 11.6 Å². The topological polar surface area (TPSA) is 108 Å². The van der Waals surface area contributed by atoms with Crippen LogP contribution >= 0.6 is 11.6 Å². The number of aryl methyl sites for hydroxylation is 1. The summed E-state index contributed by atoms with van der Waals surface area (Å²) in [5.41, 5.74) is 0.833. The van der Waals surface area contributed by atoms with Crippen LogP contribution in [0, 0.1) is 17.0 Å². The quantitative estimate of drug-likeness (QED) is 0.450. The van der Waals surface area contributed by atoms with Crippen LogP contribution in [0.25, 0.3) is 0 Å². The molecule has 0 unspecified atom stereocenters. The first-order valence-corrected chi connectivity index (χ1v) is 7.82. The van der Waals surface area contributed by atoms with E-state index in [1.165, 1.54) is 18.2 Å². The molecule has 0 heterocycles. The molecule has 0 saturated heterocycles. The fourth-order valence-electron chi connectivity index (χ4n) is 1.97. The zero-order valence-corrected chi connectivity index (χ0v) is 14.5. The monoisotopic (exact) mass is 378 g/mol. The van der Waals surface area contributed by atoms with E-state index in [1.54, 1.807) is 31.2 Å². The van der Waals surface area contributed by atoms with Crippen LogP contribution in [0.15, 0.2) is 42.5 Å². The number of anilines is 1. The number of nitrogens with zero attached hydrogens (tertiary/aromatic N) is 1. The van der Waals surface area contributed by atoms with Crippen LogP contribution in [0.1, 0.15) is 5.56 Å². The van der Waals surface area contributed by atoms with Gasteiger partial charge in [-0.2, -0.15) is 0 Å². The van der Waals surface area contributed by atoms with Gasteiger partial charge in [0.2, 0.25) is 0 Å². The van der Waals surface area contributed by atoms with Crippen LogP contribution in [-0.2, 0) is 14.3 Å². The Kier molecular flexibility index (Phi) is 6.51. The molecule has 2 aromatic rings. The van der Waals surface area contributed by atoms with E-state index in [-0.39, 0.29) is 12.3 Å². The normalized spacial score (nSPS) is 10.1. The van der Waals surface area contributed by atoms with Gasteiger partial charge in [0.1, 0.15) is 5.75 Å². The molecule has 0 saturated carbocycles. The van der Waals surface area contributed by atoms with Crippen molar-refractivity contribution in [1.29, 1.82) is 0 Å². The second kappa shape index (κ2) is 8.82. The van der Waals surface area contributed by atoms with Gasteiger partial charge in [0.05, 0.1) is 4.92 Å². The lowest BCUT2D eigenvalue weighted by Gasteiger charge is -2.09. The van der Waals surface area contributed by atoms with Crippen molar-refractivity contribution in [2.75, 3.05) is 18.5 Å². The lowest BCUT2D eigenvalue weighted by molar-refractivity contribution is -0.384. The van der Waals surface area contributed by atoms with Crippen molar-refractivity contribution in [3.8, 4) is 5.75 Å². The number of hydrogen-bond donors (Lipinski definition) is 1. The van der Waals surface area contributed by atoms with E-state index in [2.05, 4.69) is 5.32 Å². The van der Waals surface area contributed by atoms with Crippen molar-refractivity contribution < 1.29 is 24.0 Å². The first kappa shape index (κ1) is 19.2. The van der Waals surface area contributed by atoms with Gasteiger partial charge in [0.15, 0.2) is 13.2 Å². The third-order valence-electron chi connectivity index (χ3n) is 3.21. The van der Waals surface area contributed by atoms with Crippen LogP contribution in [0.4, 0.5) is 11.4 Å². The summed E-state index contributed by atoms with van der Waals surface area (Å²) in [6.07, 6.45) is 0. The van der Waals surface area contributed by atoms with Crippen LogP contribution in [0.2, 0.25) is 5.02 Å². The molecule has 0 spiro atoms. The summed E-state index contributed by atoms with van der Waals surface area (Å²) in [7, 11) is 0. The summed E-state index contributed by atoms with van der Waals surface area (Å²) in [6.45, 7) is 0.742. The van der Waals surface area contributed by atoms with E-state index in [4.69, 9.17) is 21.1 Å². The minimum absolute atomic E-state index is 0.0786. The minimum atomic E-state index is -0.722. The zero-order chi connectivity index (χ0) is 19.1. The molecule has 0 aromatic heterocycles. The minimum Gasteiger partial charge on any atom is -0.482 e. The van der Waals surface area contributed by atoms with Gasteiger partial charge in [0, 0.05) is 22.8 Å². The number of nitrogens with one attached hydrogen (secondary N) is 1. The van der Waals surface area contributed by atoms with Crippen molar-refractivity contribution in [3.63, 3.8) is 0 Å². The molecule has 0 aliphatic carbocycles. The molecule has 1 N–H and O–H groups in total. The number of nitro groups is 1. The molecule has 1 amide bonds. The van der Waals surface area contributed by atoms with E-state index in [9.17, 15) is 19.7 Å². The number of ether oxygens (including phenoxy) is 2. The Morgan fingerprint density at radius 3 is 2.62 bits per heavy atom. The molecule has 0 atom stereocenters. The largest absolute Gasteiger partial charge is 0.482 e. The maximum atomic E-state index is 11.8. The molecule has 2 aromatic carbocycles. The molecule has 8 nitrogen and oxygen atoms in total. The number of carbonyl (C=O) groups is 2. The van der Waals surface area contributed by atoms with E-state index in [0.29, 0.717) is 22.0 Å². The Labute approximate surface area is 153 Å². The van der Waals surface area contributed by atoms with Crippen molar-refractivity contribution >= 4 is 34.9 Å². The van der Waals surface area contributed by atoms with Crippen LogP contribution in [-0.4, -0.2) is 30.0 Å². The van der Waals surface area contributed by atoms with Crippen molar-refractivity contribution in [1.82, 2.24) is 0 Å². The molecular weight excluding hydrogens is 364 g/mol. The number of non-ortho nitro benzene ring substituents is 1. The predicted molar refractivity (Wildman–Crippen MR) is 94.4 cm³/mol. The Morgan fingerprint density at radius 1 is 1.19 bits per heavy atom. The van der Waals surface area contributed by atoms with Crippen LogP contribution < -0.4 is 10.1 Å². The summed E-state index contributed by atoms with van der Waals surface area (Å²) in [5.74, 6) is -0.890. The second-order valence-corrected chi connectivity index (χ2v) is 5.65. The fourth-order valence-corrected chi connectivity index (χ4v) is 2.15. The molecular formula is C17H15ClN2O6. The number of rotatable bonds is 7. The Hall–Kier alpha value is -3.13. The first-order chi connectivity index (χ1) is 12.3. The SMILES string of the molecule is Cc1cc([N+](=O)[O-])ccc1NC(=O)COC(=O)COc1cccc(Cl)c1. The highest BCUT2D eigenvalue weighted by Gasteiger charge is 2.12. The van der Waals surface area contributed by atoms with E-state index in [1.807, 2.05) is 0 Å². The average molecular weight is 379 g/mol. The molecule has 2 rings (SSSR count). The highest BCUT2D eigenvalue weighted by molar-refractivity contribution is 6.30.